The van der Waals surface area contributed by atoms with Gasteiger partial charge in [0.15, 0.2) is 0 Å². The zero-order chi connectivity index (χ0) is 20.8. The molecule has 1 aromatic carbocycles. The van der Waals surface area contributed by atoms with Crippen molar-refractivity contribution < 1.29 is 14.3 Å². The van der Waals surface area contributed by atoms with Gasteiger partial charge >= 0.3 is 6.03 Å². The first-order valence-corrected chi connectivity index (χ1v) is 11.3. The monoisotopic (exact) mass is 428 g/mol. The summed E-state index contributed by atoms with van der Waals surface area (Å²) in [6, 6.07) is 11.7. The Bertz CT molecular complexity index is 831. The molecule has 0 unspecified atom stereocenters. The number of carbonyl (C=O) groups excluding carboxylic acids is 2. The van der Waals surface area contributed by atoms with Crippen molar-refractivity contribution in [3.63, 3.8) is 0 Å². The summed E-state index contributed by atoms with van der Waals surface area (Å²) in [6.45, 7) is 4.18. The standard InChI is InChI=1S/C22H28N4O3S/c27-21(17-5-6-17)25-18-7-3-16(4-8-18)14-23-22(28)24-15-19(20-2-1-13-30-20)26-9-11-29-12-10-26/h1-4,7-8,13,17,19H,5-6,9-12,14-15H2,(H,25,27)(H2,23,24,28)/t19-/m1/s1. The summed E-state index contributed by atoms with van der Waals surface area (Å²) in [5.74, 6) is 0.284. The van der Waals surface area contributed by atoms with Crippen LogP contribution in [0.5, 0.6) is 0 Å². The molecule has 0 spiro atoms. The lowest BCUT2D eigenvalue weighted by atomic mass is 10.2. The summed E-state index contributed by atoms with van der Waals surface area (Å²) >= 11 is 1.71. The van der Waals surface area contributed by atoms with E-state index in [-0.39, 0.29) is 23.9 Å². The van der Waals surface area contributed by atoms with Crippen molar-refractivity contribution in [2.24, 2.45) is 5.92 Å². The predicted molar refractivity (Wildman–Crippen MR) is 117 cm³/mol. The zero-order valence-corrected chi connectivity index (χ0v) is 17.7. The summed E-state index contributed by atoms with van der Waals surface area (Å²) in [6.07, 6.45) is 1.98. The number of nitrogens with zero attached hydrogens (tertiary/aromatic N) is 1. The van der Waals surface area contributed by atoms with E-state index >= 15 is 0 Å². The van der Waals surface area contributed by atoms with Crippen LogP contribution in [0.2, 0.25) is 0 Å². The number of urea groups is 1. The van der Waals surface area contributed by atoms with E-state index in [1.807, 2.05) is 30.3 Å². The Morgan fingerprint density at radius 1 is 1.10 bits per heavy atom. The summed E-state index contributed by atoms with van der Waals surface area (Å²) in [7, 11) is 0. The van der Waals surface area contributed by atoms with Crippen LogP contribution in [0.4, 0.5) is 10.5 Å². The van der Waals surface area contributed by atoms with Crippen molar-refractivity contribution in [2.45, 2.75) is 25.4 Å². The molecule has 1 saturated carbocycles. The highest BCUT2D eigenvalue weighted by molar-refractivity contribution is 7.10. The molecule has 1 atom stereocenters. The van der Waals surface area contributed by atoms with Crippen LogP contribution in [-0.2, 0) is 16.1 Å². The highest BCUT2D eigenvalue weighted by atomic mass is 32.1. The lowest BCUT2D eigenvalue weighted by Gasteiger charge is -2.34. The van der Waals surface area contributed by atoms with Crippen molar-refractivity contribution in [2.75, 3.05) is 38.2 Å². The molecule has 1 aliphatic heterocycles. The lowest BCUT2D eigenvalue weighted by molar-refractivity contribution is -0.117. The van der Waals surface area contributed by atoms with Gasteiger partial charge in [0.2, 0.25) is 5.91 Å². The average molecular weight is 429 g/mol. The number of hydrogen-bond donors (Lipinski definition) is 3. The van der Waals surface area contributed by atoms with E-state index in [0.29, 0.717) is 13.1 Å². The number of ether oxygens (including phenoxy) is 1. The van der Waals surface area contributed by atoms with Gasteiger partial charge in [0.1, 0.15) is 0 Å². The Morgan fingerprint density at radius 3 is 2.53 bits per heavy atom. The first kappa shape index (κ1) is 20.8. The molecule has 1 aromatic heterocycles. The van der Waals surface area contributed by atoms with Crippen LogP contribution in [0.15, 0.2) is 41.8 Å². The van der Waals surface area contributed by atoms with Gasteiger partial charge in [0.25, 0.3) is 0 Å². The Kier molecular flexibility index (Phi) is 6.99. The molecular weight excluding hydrogens is 400 g/mol. The molecule has 8 heteroatoms. The number of carbonyl (C=O) groups is 2. The second-order valence-corrected chi connectivity index (χ2v) is 8.68. The van der Waals surface area contributed by atoms with Crippen molar-refractivity contribution in [1.82, 2.24) is 15.5 Å². The van der Waals surface area contributed by atoms with Gasteiger partial charge in [-0.2, -0.15) is 0 Å². The van der Waals surface area contributed by atoms with E-state index in [1.165, 1.54) is 4.88 Å². The van der Waals surface area contributed by atoms with Crippen LogP contribution in [0.3, 0.4) is 0 Å². The van der Waals surface area contributed by atoms with Crippen LogP contribution >= 0.6 is 11.3 Å². The van der Waals surface area contributed by atoms with Crippen LogP contribution in [0, 0.1) is 5.92 Å². The SMILES string of the molecule is O=C(NCc1ccc(NC(=O)C2CC2)cc1)NC[C@H](c1cccs1)N1CCOCC1. The van der Waals surface area contributed by atoms with Crippen molar-refractivity contribution in [1.29, 1.82) is 0 Å². The molecule has 1 aliphatic carbocycles. The number of nitrogens with one attached hydrogen (secondary N) is 3. The number of anilines is 1. The van der Waals surface area contributed by atoms with Gasteiger partial charge < -0.3 is 20.7 Å². The first-order valence-electron chi connectivity index (χ1n) is 10.5. The van der Waals surface area contributed by atoms with Gasteiger partial charge in [-0.3, -0.25) is 9.69 Å². The summed E-state index contributed by atoms with van der Waals surface area (Å²) in [5.41, 5.74) is 1.78. The van der Waals surface area contributed by atoms with E-state index in [1.54, 1.807) is 11.3 Å². The number of hydrogen-bond acceptors (Lipinski definition) is 5. The maximum absolute atomic E-state index is 12.3. The molecular formula is C22H28N4O3S. The van der Waals surface area contributed by atoms with Crippen molar-refractivity contribution in [3.05, 3.63) is 52.2 Å². The highest BCUT2D eigenvalue weighted by Gasteiger charge is 2.29. The number of amides is 3. The Labute approximate surface area is 180 Å². The minimum Gasteiger partial charge on any atom is -0.379 e. The molecule has 2 fully saturated rings. The fraction of sp³-hybridized carbons (Fsp3) is 0.455. The fourth-order valence-electron chi connectivity index (χ4n) is 3.51. The third-order valence-electron chi connectivity index (χ3n) is 5.44. The number of morpholine rings is 1. The van der Waals surface area contributed by atoms with Crippen LogP contribution in [-0.4, -0.2) is 49.7 Å². The zero-order valence-electron chi connectivity index (χ0n) is 16.9. The van der Waals surface area contributed by atoms with Gasteiger partial charge in [0.05, 0.1) is 19.3 Å². The second kappa shape index (κ2) is 10.1. The lowest BCUT2D eigenvalue weighted by Crippen LogP contribution is -2.45. The molecule has 3 N–H and O–H groups in total. The summed E-state index contributed by atoms with van der Waals surface area (Å²) < 4.78 is 5.46. The van der Waals surface area contributed by atoms with Gasteiger partial charge in [-0.25, -0.2) is 4.79 Å². The second-order valence-electron chi connectivity index (χ2n) is 7.70. The minimum atomic E-state index is -0.184. The fourth-order valence-corrected chi connectivity index (χ4v) is 4.37. The maximum atomic E-state index is 12.3. The Hall–Kier alpha value is -2.42. The third-order valence-corrected chi connectivity index (χ3v) is 6.41. The Balaban J connectivity index is 1.24. The quantitative estimate of drug-likeness (QED) is 0.604. The average Bonchev–Trinajstić information content (AvgIpc) is 3.50. The smallest absolute Gasteiger partial charge is 0.315 e. The van der Waals surface area contributed by atoms with Crippen LogP contribution < -0.4 is 16.0 Å². The minimum absolute atomic E-state index is 0.0980. The van der Waals surface area contributed by atoms with E-state index in [2.05, 4.69) is 32.3 Å². The van der Waals surface area contributed by atoms with Crippen LogP contribution in [0.1, 0.15) is 29.3 Å². The van der Waals surface area contributed by atoms with E-state index in [0.717, 1.165) is 50.4 Å². The molecule has 1 saturated heterocycles. The van der Waals surface area contributed by atoms with Gasteiger partial charge in [0, 0.05) is 42.7 Å². The van der Waals surface area contributed by atoms with Crippen molar-refractivity contribution in [3.8, 4) is 0 Å². The maximum Gasteiger partial charge on any atom is 0.315 e. The van der Waals surface area contributed by atoms with E-state index < -0.39 is 0 Å². The molecule has 2 heterocycles. The Morgan fingerprint density at radius 2 is 1.87 bits per heavy atom. The number of benzene rings is 1. The van der Waals surface area contributed by atoms with Gasteiger partial charge in [-0.05, 0) is 42.0 Å². The largest absolute Gasteiger partial charge is 0.379 e. The van der Waals surface area contributed by atoms with Gasteiger partial charge in [-0.15, -0.1) is 11.3 Å². The highest BCUT2D eigenvalue weighted by Crippen LogP contribution is 2.30. The third kappa shape index (κ3) is 5.81. The van der Waals surface area contributed by atoms with Crippen molar-refractivity contribution >= 4 is 29.0 Å². The first-order chi connectivity index (χ1) is 14.7. The van der Waals surface area contributed by atoms with Gasteiger partial charge in [-0.1, -0.05) is 18.2 Å². The molecule has 7 nitrogen and oxygen atoms in total. The topological polar surface area (TPSA) is 82.7 Å². The van der Waals surface area contributed by atoms with Crippen LogP contribution in [0.25, 0.3) is 0 Å². The molecule has 4 rings (SSSR count). The molecule has 3 amide bonds. The molecule has 0 radical (unpaired) electrons. The molecule has 2 aliphatic rings. The summed E-state index contributed by atoms with van der Waals surface area (Å²) in [4.78, 5) is 27.8. The number of thiophene rings is 1. The molecule has 0 bridgehead atoms. The molecule has 30 heavy (non-hydrogen) atoms. The number of rotatable bonds is 8. The molecule has 2 aromatic rings. The van der Waals surface area contributed by atoms with E-state index in [9.17, 15) is 9.59 Å². The normalized spacial score (nSPS) is 17.9. The molecule has 160 valence electrons. The summed E-state index contributed by atoms with van der Waals surface area (Å²) in [5, 5.41) is 10.9. The predicted octanol–water partition coefficient (Wildman–Crippen LogP) is 2.97. The van der Waals surface area contributed by atoms with E-state index in [4.69, 9.17) is 4.74 Å².